The number of ketones is 2. The molecule has 0 heterocycles. The Hall–Kier alpha value is -7.23. The van der Waals surface area contributed by atoms with Gasteiger partial charge in [-0.3, -0.25) is 43.4 Å². The number of hydrogen-bond acceptors (Lipinski definition) is 18. The minimum Gasteiger partial charge on any atom is -0.508 e. The van der Waals surface area contributed by atoms with Crippen LogP contribution in [0.25, 0.3) is 0 Å². The van der Waals surface area contributed by atoms with Crippen LogP contribution < -0.4 is 26.6 Å². The molecule has 0 spiro atoms. The highest BCUT2D eigenvalue weighted by Crippen LogP contribution is 2.26. The van der Waals surface area contributed by atoms with Crippen molar-refractivity contribution in [3.63, 3.8) is 0 Å². The van der Waals surface area contributed by atoms with Crippen LogP contribution in [0, 0.1) is 5.41 Å². The number of nitrogens with zero attached hydrogens (tertiary/aromatic N) is 2. The SMILES string of the molecule is CC(=O)CN(CCN(CC(=O)OC(C)(C)C)Cc1cc(CCC(=O)N[C@@H](C)C(C)=O)ccc1O)Cc1cc(CCC(=O)NCCCCCC(=O)NCCCC[C@H](NC(=O)N[C@@H](CCC(=O)OC(C)(C)C)C(=O)OC(C)(C)C)C(C)(C)C)ccc1O.O=C=O. The van der Waals surface area contributed by atoms with Gasteiger partial charge in [0.05, 0.1) is 19.1 Å². The zero-order chi connectivity index (χ0) is 67.0. The van der Waals surface area contributed by atoms with Crippen molar-refractivity contribution in [3.8, 4) is 11.5 Å². The fourth-order valence-corrected chi connectivity index (χ4v) is 8.89. The van der Waals surface area contributed by atoms with Crippen LogP contribution in [0.2, 0.25) is 0 Å². The van der Waals surface area contributed by atoms with Crippen molar-refractivity contribution in [2.45, 2.75) is 235 Å². The van der Waals surface area contributed by atoms with E-state index >= 15 is 0 Å². The molecular formula is C65H103N7O16. The molecule has 0 aromatic heterocycles. The number of carbonyl (C=O) groups excluding carboxylic acids is 11. The van der Waals surface area contributed by atoms with Gasteiger partial charge in [-0.25, -0.2) is 9.59 Å². The van der Waals surface area contributed by atoms with E-state index in [2.05, 4.69) is 26.6 Å². The van der Waals surface area contributed by atoms with E-state index in [-0.39, 0.29) is 117 Å². The zero-order valence-electron chi connectivity index (χ0n) is 55.0. The smallest absolute Gasteiger partial charge is 0.373 e. The molecule has 0 radical (unpaired) electrons. The number of nitrogens with one attached hydrogen (secondary N) is 5. The molecule has 2 aromatic carbocycles. The van der Waals surface area contributed by atoms with Gasteiger partial charge < -0.3 is 51.0 Å². The first-order valence-corrected chi connectivity index (χ1v) is 30.4. The van der Waals surface area contributed by atoms with Gasteiger partial charge in [0, 0.05) is 82.1 Å². The molecule has 23 nitrogen and oxygen atoms in total. The number of phenols is 2. The van der Waals surface area contributed by atoms with E-state index in [4.69, 9.17) is 23.8 Å². The van der Waals surface area contributed by atoms with Crippen molar-refractivity contribution in [1.82, 2.24) is 36.4 Å². The third-order valence-electron chi connectivity index (χ3n) is 13.3. The van der Waals surface area contributed by atoms with Crippen molar-refractivity contribution in [3.05, 3.63) is 58.7 Å². The minimum atomic E-state index is -1.07. The molecule has 5 amide bonds. The summed E-state index contributed by atoms with van der Waals surface area (Å²) >= 11 is 0. The highest BCUT2D eigenvalue weighted by molar-refractivity contribution is 5.87. The number of benzene rings is 2. The predicted molar refractivity (Wildman–Crippen MR) is 331 cm³/mol. The van der Waals surface area contributed by atoms with Crippen molar-refractivity contribution >= 4 is 59.4 Å². The third kappa shape index (κ3) is 37.5. The summed E-state index contributed by atoms with van der Waals surface area (Å²) in [6.45, 7) is 28.0. The average molecular weight is 1240 g/mol. The lowest BCUT2D eigenvalue weighted by atomic mass is 9.84. The topological polar surface area (TPSA) is 323 Å². The first-order valence-electron chi connectivity index (χ1n) is 30.4. The molecule has 7 N–H and O–H groups in total. The number of unbranched alkanes of at least 4 members (excludes halogenated alkanes) is 3. The summed E-state index contributed by atoms with van der Waals surface area (Å²) < 4.78 is 16.6. The molecule has 3 atom stereocenters. The number of aryl methyl sites for hydroxylation is 2. The molecule has 23 heteroatoms. The molecule has 0 saturated carbocycles. The highest BCUT2D eigenvalue weighted by Gasteiger charge is 2.32. The lowest BCUT2D eigenvalue weighted by Gasteiger charge is -2.32. The third-order valence-corrected chi connectivity index (χ3v) is 13.3. The molecule has 0 aliphatic heterocycles. The molecule has 0 fully saturated rings. The first-order chi connectivity index (χ1) is 40.8. The quantitative estimate of drug-likeness (QED) is 0.0201. The van der Waals surface area contributed by atoms with Gasteiger partial charge in [-0.15, -0.1) is 0 Å². The van der Waals surface area contributed by atoms with Gasteiger partial charge in [0.25, 0.3) is 0 Å². The number of esters is 3. The van der Waals surface area contributed by atoms with Crippen LogP contribution >= 0.6 is 0 Å². The van der Waals surface area contributed by atoms with Gasteiger partial charge in [-0.2, -0.15) is 9.59 Å². The normalized spacial score (nSPS) is 12.7. The van der Waals surface area contributed by atoms with E-state index in [0.29, 0.717) is 82.1 Å². The molecule has 88 heavy (non-hydrogen) atoms. The van der Waals surface area contributed by atoms with Gasteiger partial charge >= 0.3 is 30.1 Å². The predicted octanol–water partition coefficient (Wildman–Crippen LogP) is 7.22. The van der Waals surface area contributed by atoms with Gasteiger partial charge in [0.2, 0.25) is 17.7 Å². The second kappa shape index (κ2) is 38.9. The van der Waals surface area contributed by atoms with Crippen LogP contribution in [0.5, 0.6) is 11.5 Å². The largest absolute Gasteiger partial charge is 0.508 e. The number of amides is 5. The number of phenolic OH excluding ortho intramolecular Hbond substituents is 2. The highest BCUT2D eigenvalue weighted by atomic mass is 16.6. The Morgan fingerprint density at radius 1 is 0.545 bits per heavy atom. The van der Waals surface area contributed by atoms with Crippen molar-refractivity contribution in [2.24, 2.45) is 5.41 Å². The lowest BCUT2D eigenvalue weighted by molar-refractivity contribution is -0.192. The standard InChI is InChI=1S/C64H103N7O14.CO2/c1-43(72)39-70(35-36-71(42-58(80)84-63(10,11)12)41-49-38-47(24-29-52(49)75)26-31-56(78)67-44(2)45(3)73)40-48-37-46(23-28-51(48)74)25-30-55(77)66-33-19-16-17-22-54(76)65-34-20-18-21-53(61(4,5)6)69-60(82)68-50(59(81)85-64(13,14)15)27-32-57(79)83-62(7,8)9;2-1-3/h23-24,28-29,37-38,44,50,53,74-75H,16-22,25-27,30-36,39-42H2,1-15H3,(H,65,76)(H,66,77)(H,67,78)(H2,68,69,82);/t44-,50-,53-;/m0./s1. The van der Waals surface area contributed by atoms with Crippen LogP contribution in [-0.2, 0) is 88.1 Å². The Morgan fingerprint density at radius 2 is 1.01 bits per heavy atom. The second-order valence-corrected chi connectivity index (χ2v) is 26.4. The Kier molecular flexibility index (Phi) is 34.8. The Bertz CT molecular complexity index is 2630. The molecular weight excluding hydrogens is 1130 g/mol. The van der Waals surface area contributed by atoms with Gasteiger partial charge in [0.15, 0.2) is 5.78 Å². The molecule has 494 valence electrons. The molecule has 0 aliphatic carbocycles. The van der Waals surface area contributed by atoms with Gasteiger partial charge in [0.1, 0.15) is 40.1 Å². The van der Waals surface area contributed by atoms with Crippen LogP contribution in [0.15, 0.2) is 36.4 Å². The summed E-state index contributed by atoms with van der Waals surface area (Å²) in [4.78, 5) is 134. The fraction of sp³-hybridized carbons (Fsp3) is 0.662. The first kappa shape index (κ1) is 78.8. The number of ether oxygens (including phenoxy) is 3. The Balaban J connectivity index is 0.0000126. The maximum atomic E-state index is 13.3. The molecule has 0 unspecified atom stereocenters. The fourth-order valence-electron chi connectivity index (χ4n) is 8.89. The molecule has 2 aromatic rings. The molecule has 2 rings (SSSR count). The zero-order valence-corrected chi connectivity index (χ0v) is 55.0. The maximum absolute atomic E-state index is 13.3. The monoisotopic (exact) mass is 1240 g/mol. The van der Waals surface area contributed by atoms with E-state index < -0.39 is 52.8 Å². The number of urea groups is 1. The summed E-state index contributed by atoms with van der Waals surface area (Å²) in [6, 6.07) is 7.68. The summed E-state index contributed by atoms with van der Waals surface area (Å²) in [5.41, 5.74) is 0.0999. The van der Waals surface area contributed by atoms with Crippen LogP contribution in [0.1, 0.15) is 197 Å². The number of hydrogen-bond donors (Lipinski definition) is 7. The van der Waals surface area contributed by atoms with Crippen molar-refractivity contribution in [1.29, 1.82) is 0 Å². The average Bonchev–Trinajstić information content (AvgIpc) is 3.59. The van der Waals surface area contributed by atoms with Crippen molar-refractivity contribution in [2.75, 3.05) is 39.3 Å². The van der Waals surface area contributed by atoms with Crippen LogP contribution in [0.4, 0.5) is 4.79 Å². The van der Waals surface area contributed by atoms with Gasteiger partial charge in [-0.1, -0.05) is 51.5 Å². The molecule has 0 aliphatic rings. The second-order valence-electron chi connectivity index (χ2n) is 26.4. The summed E-state index contributed by atoms with van der Waals surface area (Å²) in [5.74, 6) is -2.33. The summed E-state index contributed by atoms with van der Waals surface area (Å²) in [6.07, 6.45) is 5.70. The van der Waals surface area contributed by atoms with E-state index in [0.717, 1.165) is 17.5 Å². The van der Waals surface area contributed by atoms with E-state index in [1.54, 1.807) is 93.5 Å². The lowest BCUT2D eigenvalue weighted by Crippen LogP contribution is -2.53. The summed E-state index contributed by atoms with van der Waals surface area (Å²) in [5, 5.41) is 36.2. The number of Topliss-reactive ketones (excluding diaryl/α,β-unsaturated/α-hetero) is 2. The van der Waals surface area contributed by atoms with Crippen LogP contribution in [-0.4, -0.2) is 154 Å². The van der Waals surface area contributed by atoms with Gasteiger partial charge in [-0.05, 0) is 163 Å². The van der Waals surface area contributed by atoms with E-state index in [1.165, 1.54) is 19.9 Å². The maximum Gasteiger partial charge on any atom is 0.373 e. The number of rotatable bonds is 36. The Labute approximate surface area is 521 Å². The van der Waals surface area contributed by atoms with E-state index in [9.17, 15) is 53.4 Å². The summed E-state index contributed by atoms with van der Waals surface area (Å²) in [7, 11) is 0. The molecule has 0 bridgehead atoms. The van der Waals surface area contributed by atoms with E-state index in [1.807, 2.05) is 36.6 Å². The minimum absolute atomic E-state index is 0.000880. The van der Waals surface area contributed by atoms with Crippen molar-refractivity contribution < 1.29 is 77.2 Å². The van der Waals surface area contributed by atoms with Crippen LogP contribution in [0.3, 0.4) is 0 Å². The number of carbonyl (C=O) groups is 9. The molecule has 0 saturated heterocycles. The Morgan fingerprint density at radius 3 is 1.49 bits per heavy atom. The number of aromatic hydroxyl groups is 2.